The Morgan fingerprint density at radius 3 is 2.24 bits per heavy atom. The molecule has 0 saturated carbocycles. The van der Waals surface area contributed by atoms with Gasteiger partial charge in [-0.2, -0.15) is 0 Å². The molecule has 1 atom stereocenters. The van der Waals surface area contributed by atoms with E-state index in [1.165, 1.54) is 38.5 Å². The molecule has 1 N–H and O–H groups in total. The minimum Gasteiger partial charge on any atom is -0.376 e. The number of carbonyl (C=O) groups excluding carboxylic acids is 2. The highest BCUT2D eigenvalue weighted by molar-refractivity contribution is 6.04. The van der Waals surface area contributed by atoms with Gasteiger partial charge in [-0.25, -0.2) is 0 Å². The largest absolute Gasteiger partial charge is 0.376 e. The number of carbonyl (C=O) groups is 2. The van der Waals surface area contributed by atoms with Crippen LogP contribution in [0.15, 0.2) is 12.2 Å². The maximum absolute atomic E-state index is 11.9. The third-order valence-corrected chi connectivity index (χ3v) is 4.23. The predicted octanol–water partition coefficient (Wildman–Crippen LogP) is 3.40. The average Bonchev–Trinajstić information content (AvgIpc) is 2.76. The van der Waals surface area contributed by atoms with E-state index in [0.717, 1.165) is 29.7 Å². The Morgan fingerprint density at radius 2 is 1.71 bits per heavy atom. The molecule has 0 aromatic rings. The van der Waals surface area contributed by atoms with Crippen LogP contribution < -0.4 is 0 Å². The van der Waals surface area contributed by atoms with E-state index in [-0.39, 0.29) is 18.2 Å². The van der Waals surface area contributed by atoms with Crippen molar-refractivity contribution in [2.45, 2.75) is 71.1 Å². The summed E-state index contributed by atoms with van der Waals surface area (Å²) in [5, 5.41) is 9.00. The fraction of sp³-hybridized carbons (Fsp3) is 0.765. The minimum atomic E-state index is -0.515. The van der Waals surface area contributed by atoms with E-state index in [1.54, 1.807) is 0 Å². The first kappa shape index (κ1) is 17.9. The van der Waals surface area contributed by atoms with Gasteiger partial charge in [-0.1, -0.05) is 64.0 Å². The van der Waals surface area contributed by atoms with Gasteiger partial charge < -0.3 is 5.11 Å². The summed E-state index contributed by atoms with van der Waals surface area (Å²) in [6, 6.07) is 0. The molecule has 0 aromatic heterocycles. The highest BCUT2D eigenvalue weighted by Crippen LogP contribution is 2.28. The second-order valence-corrected chi connectivity index (χ2v) is 5.94. The van der Waals surface area contributed by atoms with Gasteiger partial charge in [-0.15, -0.1) is 0 Å². The van der Waals surface area contributed by atoms with Gasteiger partial charge in [0.25, 0.3) is 0 Å². The molecular weight excluding hydrogens is 266 g/mol. The predicted molar refractivity (Wildman–Crippen MR) is 83.4 cm³/mol. The molecule has 4 nitrogen and oxygen atoms in total. The van der Waals surface area contributed by atoms with Gasteiger partial charge in [-0.3, -0.25) is 14.5 Å². The molecule has 1 fully saturated rings. The smallest absolute Gasteiger partial charge is 0.238 e. The van der Waals surface area contributed by atoms with Crippen LogP contribution in [0.3, 0.4) is 0 Å². The second kappa shape index (κ2) is 9.72. The van der Waals surface area contributed by atoms with Crippen molar-refractivity contribution in [3.05, 3.63) is 12.2 Å². The Morgan fingerprint density at radius 1 is 1.14 bits per heavy atom. The normalized spacial score (nSPS) is 18.6. The summed E-state index contributed by atoms with van der Waals surface area (Å²) in [5.74, 6) is -0.981. The monoisotopic (exact) mass is 295 g/mol. The summed E-state index contributed by atoms with van der Waals surface area (Å²) in [6.07, 6.45) is 10.9. The van der Waals surface area contributed by atoms with Crippen molar-refractivity contribution in [3.63, 3.8) is 0 Å². The van der Waals surface area contributed by atoms with E-state index in [2.05, 4.69) is 13.5 Å². The van der Waals surface area contributed by atoms with Crippen molar-refractivity contribution in [3.8, 4) is 0 Å². The number of imide groups is 1. The maximum atomic E-state index is 11.9. The number of amides is 2. The van der Waals surface area contributed by atoms with Crippen molar-refractivity contribution in [1.82, 2.24) is 4.90 Å². The molecule has 0 spiro atoms. The summed E-state index contributed by atoms with van der Waals surface area (Å²) in [5.41, 5.74) is 0.843. The van der Waals surface area contributed by atoms with Crippen LogP contribution in [0.25, 0.3) is 0 Å². The number of hydrogen-bond donors (Lipinski definition) is 1. The quantitative estimate of drug-likeness (QED) is 0.361. The number of unbranched alkanes of at least 4 members (excludes halogenated alkanes) is 7. The highest BCUT2D eigenvalue weighted by atomic mass is 16.3. The van der Waals surface area contributed by atoms with E-state index in [1.807, 2.05) is 0 Å². The van der Waals surface area contributed by atoms with Crippen LogP contribution in [-0.4, -0.2) is 28.6 Å². The molecule has 4 heteroatoms. The molecular formula is C17H29NO3. The third-order valence-electron chi connectivity index (χ3n) is 4.23. The third kappa shape index (κ3) is 5.62. The van der Waals surface area contributed by atoms with E-state index < -0.39 is 12.6 Å². The van der Waals surface area contributed by atoms with E-state index in [0.29, 0.717) is 0 Å². The van der Waals surface area contributed by atoms with Gasteiger partial charge in [0.05, 0.1) is 5.92 Å². The lowest BCUT2D eigenvalue weighted by molar-refractivity contribution is -0.143. The van der Waals surface area contributed by atoms with Gasteiger partial charge in [0, 0.05) is 6.42 Å². The molecule has 0 aliphatic carbocycles. The number of nitrogens with zero attached hydrogens (tertiary/aromatic N) is 1. The van der Waals surface area contributed by atoms with Gasteiger partial charge in [-0.05, 0) is 12.8 Å². The first-order valence-electron chi connectivity index (χ1n) is 8.24. The van der Waals surface area contributed by atoms with Crippen molar-refractivity contribution in [2.75, 3.05) is 6.73 Å². The fourth-order valence-corrected chi connectivity index (χ4v) is 2.81. The van der Waals surface area contributed by atoms with Crippen LogP contribution >= 0.6 is 0 Å². The zero-order valence-corrected chi connectivity index (χ0v) is 13.3. The Bertz CT molecular complexity index is 365. The van der Waals surface area contributed by atoms with Crippen LogP contribution in [0, 0.1) is 5.92 Å². The van der Waals surface area contributed by atoms with Crippen molar-refractivity contribution in [1.29, 1.82) is 0 Å². The molecule has 120 valence electrons. The zero-order chi connectivity index (χ0) is 15.7. The molecule has 1 heterocycles. The lowest BCUT2D eigenvalue weighted by Crippen LogP contribution is -2.31. The fourth-order valence-electron chi connectivity index (χ4n) is 2.81. The molecule has 0 radical (unpaired) electrons. The first-order valence-corrected chi connectivity index (χ1v) is 8.24. The summed E-state index contributed by atoms with van der Waals surface area (Å²) >= 11 is 0. The highest BCUT2D eigenvalue weighted by Gasteiger charge is 2.39. The lowest BCUT2D eigenvalue weighted by Gasteiger charge is -2.13. The Balaban J connectivity index is 2.14. The molecule has 1 aliphatic heterocycles. The SMILES string of the molecule is C=C(CCCCCCCCCC)C1CC(=O)N(CO)C1=O. The molecule has 1 saturated heterocycles. The lowest BCUT2D eigenvalue weighted by atomic mass is 9.94. The van der Waals surface area contributed by atoms with E-state index in [9.17, 15) is 9.59 Å². The van der Waals surface area contributed by atoms with Crippen molar-refractivity contribution in [2.24, 2.45) is 5.92 Å². The average molecular weight is 295 g/mol. The van der Waals surface area contributed by atoms with Crippen LogP contribution in [0.4, 0.5) is 0 Å². The topological polar surface area (TPSA) is 57.6 Å². The van der Waals surface area contributed by atoms with Gasteiger partial charge >= 0.3 is 0 Å². The standard InChI is InChI=1S/C17H29NO3/c1-3-4-5-6-7-8-9-10-11-14(2)15-12-16(20)18(13-19)17(15)21/h15,19H,2-13H2,1H3. The van der Waals surface area contributed by atoms with Gasteiger partial charge in [0.15, 0.2) is 0 Å². The minimum absolute atomic E-state index is 0.176. The molecule has 1 rings (SSSR count). The van der Waals surface area contributed by atoms with Crippen LogP contribution in [0.2, 0.25) is 0 Å². The van der Waals surface area contributed by atoms with E-state index in [4.69, 9.17) is 5.11 Å². The van der Waals surface area contributed by atoms with Crippen LogP contribution in [-0.2, 0) is 9.59 Å². The molecule has 0 bridgehead atoms. The molecule has 1 unspecified atom stereocenters. The molecule has 0 aromatic carbocycles. The van der Waals surface area contributed by atoms with Crippen molar-refractivity contribution < 1.29 is 14.7 Å². The number of rotatable bonds is 11. The second-order valence-electron chi connectivity index (χ2n) is 5.94. The Hall–Kier alpha value is -1.16. The first-order chi connectivity index (χ1) is 10.1. The molecule has 21 heavy (non-hydrogen) atoms. The number of aliphatic hydroxyl groups excluding tert-OH is 1. The Labute approximate surface area is 128 Å². The van der Waals surface area contributed by atoms with Crippen LogP contribution in [0.1, 0.15) is 71.1 Å². The van der Waals surface area contributed by atoms with Gasteiger partial charge in [0.1, 0.15) is 6.73 Å². The van der Waals surface area contributed by atoms with Gasteiger partial charge in [0.2, 0.25) is 11.8 Å². The summed E-state index contributed by atoms with van der Waals surface area (Å²) in [7, 11) is 0. The summed E-state index contributed by atoms with van der Waals surface area (Å²) < 4.78 is 0. The Kier molecular flexibility index (Phi) is 8.28. The van der Waals surface area contributed by atoms with Crippen molar-refractivity contribution >= 4 is 11.8 Å². The summed E-state index contributed by atoms with van der Waals surface area (Å²) in [6.45, 7) is 5.67. The molecule has 2 amide bonds. The number of likely N-dealkylation sites (tertiary alicyclic amines) is 1. The zero-order valence-electron chi connectivity index (χ0n) is 13.3. The number of aliphatic hydroxyl groups is 1. The van der Waals surface area contributed by atoms with Crippen LogP contribution in [0.5, 0.6) is 0 Å². The summed E-state index contributed by atoms with van der Waals surface area (Å²) in [4.78, 5) is 24.4. The maximum Gasteiger partial charge on any atom is 0.238 e. The number of hydrogen-bond acceptors (Lipinski definition) is 3. The van der Waals surface area contributed by atoms with E-state index >= 15 is 0 Å². The molecule has 1 aliphatic rings.